The number of carbonyl (C=O) groups excluding carboxylic acids is 2. The molecule has 1 saturated heterocycles. The number of amides is 2. The van der Waals surface area contributed by atoms with Crippen LogP contribution in [0.1, 0.15) is 42.7 Å². The molecule has 1 atom stereocenters. The number of hydrogen-bond acceptors (Lipinski definition) is 3. The van der Waals surface area contributed by atoms with Crippen molar-refractivity contribution in [2.24, 2.45) is 5.92 Å². The van der Waals surface area contributed by atoms with Crippen molar-refractivity contribution in [1.82, 2.24) is 19.6 Å². The SMILES string of the molecule is CN(C)C(=O)CCC1CCCN(C(=O)c2ccn(C(F)F)n2)C1. The summed E-state index contributed by atoms with van der Waals surface area (Å²) in [4.78, 5) is 27.2. The zero-order valence-electron chi connectivity index (χ0n) is 13.4. The molecule has 0 aliphatic carbocycles. The molecule has 2 rings (SSSR count). The third-order valence-corrected chi connectivity index (χ3v) is 4.10. The van der Waals surface area contributed by atoms with E-state index in [2.05, 4.69) is 5.10 Å². The fourth-order valence-electron chi connectivity index (χ4n) is 2.76. The Kier molecular flexibility index (Phi) is 5.68. The first kappa shape index (κ1) is 17.4. The Morgan fingerprint density at radius 3 is 2.78 bits per heavy atom. The van der Waals surface area contributed by atoms with Gasteiger partial charge in [-0.3, -0.25) is 9.59 Å². The number of halogens is 2. The molecule has 0 N–H and O–H groups in total. The molecule has 1 fully saturated rings. The third kappa shape index (κ3) is 4.49. The van der Waals surface area contributed by atoms with E-state index in [1.165, 1.54) is 6.07 Å². The van der Waals surface area contributed by atoms with Gasteiger partial charge >= 0.3 is 6.55 Å². The Morgan fingerprint density at radius 2 is 2.17 bits per heavy atom. The van der Waals surface area contributed by atoms with Crippen molar-refractivity contribution in [2.75, 3.05) is 27.2 Å². The minimum absolute atomic E-state index is 0.0373. The van der Waals surface area contributed by atoms with Crippen LogP contribution in [0, 0.1) is 5.92 Å². The second-order valence-electron chi connectivity index (χ2n) is 6.04. The predicted octanol–water partition coefficient (Wildman–Crippen LogP) is 2.00. The van der Waals surface area contributed by atoms with Crippen LogP contribution in [-0.4, -0.2) is 58.6 Å². The standard InChI is InChI=1S/C15H22F2N4O2/c1-19(2)13(22)6-5-11-4-3-8-20(10-11)14(23)12-7-9-21(18-12)15(16)17/h7,9,11,15H,3-6,8,10H2,1-2H3. The Bertz CT molecular complexity index is 559. The summed E-state index contributed by atoms with van der Waals surface area (Å²) in [6.07, 6.45) is 4.11. The third-order valence-electron chi connectivity index (χ3n) is 4.10. The van der Waals surface area contributed by atoms with Gasteiger partial charge in [-0.2, -0.15) is 13.9 Å². The molecular formula is C15H22F2N4O2. The van der Waals surface area contributed by atoms with Crippen molar-refractivity contribution in [3.8, 4) is 0 Å². The van der Waals surface area contributed by atoms with E-state index in [1.54, 1.807) is 23.9 Å². The van der Waals surface area contributed by atoms with Crippen molar-refractivity contribution in [1.29, 1.82) is 0 Å². The molecular weight excluding hydrogens is 306 g/mol. The number of hydrogen-bond donors (Lipinski definition) is 0. The number of likely N-dealkylation sites (tertiary alicyclic amines) is 1. The van der Waals surface area contributed by atoms with Crippen LogP contribution in [0.4, 0.5) is 8.78 Å². The molecule has 23 heavy (non-hydrogen) atoms. The summed E-state index contributed by atoms with van der Waals surface area (Å²) in [5.74, 6) is 0.00551. The first-order chi connectivity index (χ1) is 10.9. The summed E-state index contributed by atoms with van der Waals surface area (Å²) in [6, 6.07) is 1.31. The number of aromatic nitrogens is 2. The maximum absolute atomic E-state index is 12.5. The van der Waals surface area contributed by atoms with Gasteiger partial charge in [0.25, 0.3) is 5.91 Å². The first-order valence-electron chi connectivity index (χ1n) is 7.71. The fourth-order valence-corrected chi connectivity index (χ4v) is 2.76. The molecule has 128 valence electrons. The van der Waals surface area contributed by atoms with Crippen LogP contribution in [0.15, 0.2) is 12.3 Å². The normalized spacial score (nSPS) is 18.3. The molecule has 1 unspecified atom stereocenters. The lowest BCUT2D eigenvalue weighted by Gasteiger charge is -2.32. The van der Waals surface area contributed by atoms with Crippen molar-refractivity contribution in [3.63, 3.8) is 0 Å². The topological polar surface area (TPSA) is 58.4 Å². The second kappa shape index (κ2) is 7.52. The molecule has 6 nitrogen and oxygen atoms in total. The highest BCUT2D eigenvalue weighted by atomic mass is 19.3. The van der Waals surface area contributed by atoms with E-state index in [9.17, 15) is 18.4 Å². The minimum atomic E-state index is -2.75. The maximum atomic E-state index is 12.5. The molecule has 0 spiro atoms. The smallest absolute Gasteiger partial charge is 0.333 e. The van der Waals surface area contributed by atoms with Gasteiger partial charge in [0.05, 0.1) is 0 Å². The lowest BCUT2D eigenvalue weighted by molar-refractivity contribution is -0.129. The molecule has 0 aromatic carbocycles. The van der Waals surface area contributed by atoms with Crippen LogP contribution in [0.5, 0.6) is 0 Å². The Labute approximate surface area is 134 Å². The van der Waals surface area contributed by atoms with E-state index in [0.29, 0.717) is 24.2 Å². The Morgan fingerprint density at radius 1 is 1.43 bits per heavy atom. The van der Waals surface area contributed by atoms with Crippen LogP contribution < -0.4 is 0 Å². The molecule has 1 aliphatic rings. The van der Waals surface area contributed by atoms with Crippen molar-refractivity contribution < 1.29 is 18.4 Å². The largest absolute Gasteiger partial charge is 0.349 e. The highest BCUT2D eigenvalue weighted by Crippen LogP contribution is 2.22. The average Bonchev–Trinajstić information content (AvgIpc) is 3.02. The molecule has 1 aromatic heterocycles. The van der Waals surface area contributed by atoms with Gasteiger partial charge < -0.3 is 9.80 Å². The van der Waals surface area contributed by atoms with E-state index in [0.717, 1.165) is 25.5 Å². The lowest BCUT2D eigenvalue weighted by atomic mass is 9.93. The molecule has 0 saturated carbocycles. The minimum Gasteiger partial charge on any atom is -0.349 e. The number of alkyl halides is 2. The predicted molar refractivity (Wildman–Crippen MR) is 80.0 cm³/mol. The molecule has 0 bridgehead atoms. The molecule has 1 aromatic rings. The summed E-state index contributed by atoms with van der Waals surface area (Å²) in [7, 11) is 3.44. The molecule has 2 heterocycles. The monoisotopic (exact) mass is 328 g/mol. The Balaban J connectivity index is 1.92. The number of carbonyl (C=O) groups is 2. The van der Waals surface area contributed by atoms with Crippen molar-refractivity contribution in [2.45, 2.75) is 32.2 Å². The molecule has 2 amide bonds. The van der Waals surface area contributed by atoms with Crippen LogP contribution in [0.2, 0.25) is 0 Å². The zero-order valence-corrected chi connectivity index (χ0v) is 13.4. The summed E-state index contributed by atoms with van der Waals surface area (Å²) in [6.45, 7) is -1.61. The van der Waals surface area contributed by atoms with Crippen molar-refractivity contribution in [3.05, 3.63) is 18.0 Å². The van der Waals surface area contributed by atoms with Gasteiger partial charge in [-0.25, -0.2) is 4.68 Å². The van der Waals surface area contributed by atoms with Gasteiger partial charge in [0.2, 0.25) is 5.91 Å². The van der Waals surface area contributed by atoms with Crippen LogP contribution >= 0.6 is 0 Å². The summed E-state index contributed by atoms with van der Waals surface area (Å²) in [5, 5.41) is 3.62. The molecule has 8 heteroatoms. The quantitative estimate of drug-likeness (QED) is 0.831. The first-order valence-corrected chi connectivity index (χ1v) is 7.71. The van der Waals surface area contributed by atoms with E-state index in [-0.39, 0.29) is 23.4 Å². The van der Waals surface area contributed by atoms with Gasteiger partial charge in [-0.15, -0.1) is 0 Å². The Hall–Kier alpha value is -1.99. The number of piperidine rings is 1. The van der Waals surface area contributed by atoms with E-state index < -0.39 is 6.55 Å². The lowest BCUT2D eigenvalue weighted by Crippen LogP contribution is -2.40. The van der Waals surface area contributed by atoms with Gasteiger partial charge in [0, 0.05) is 39.8 Å². The van der Waals surface area contributed by atoms with Crippen LogP contribution in [-0.2, 0) is 4.79 Å². The molecule has 1 aliphatic heterocycles. The second-order valence-corrected chi connectivity index (χ2v) is 6.04. The van der Waals surface area contributed by atoms with Gasteiger partial charge in [-0.1, -0.05) is 0 Å². The highest BCUT2D eigenvalue weighted by Gasteiger charge is 2.26. The van der Waals surface area contributed by atoms with Gasteiger partial charge in [0.15, 0.2) is 5.69 Å². The van der Waals surface area contributed by atoms with Crippen LogP contribution in [0.25, 0.3) is 0 Å². The average molecular weight is 328 g/mol. The maximum Gasteiger partial charge on any atom is 0.333 e. The van der Waals surface area contributed by atoms with E-state index in [1.807, 2.05) is 0 Å². The van der Waals surface area contributed by atoms with E-state index >= 15 is 0 Å². The summed E-state index contributed by atoms with van der Waals surface area (Å²) >= 11 is 0. The number of rotatable bonds is 5. The highest BCUT2D eigenvalue weighted by molar-refractivity contribution is 5.92. The zero-order chi connectivity index (χ0) is 17.0. The van der Waals surface area contributed by atoms with Crippen molar-refractivity contribution >= 4 is 11.8 Å². The fraction of sp³-hybridized carbons (Fsp3) is 0.667. The number of nitrogens with zero attached hydrogens (tertiary/aromatic N) is 4. The van der Waals surface area contributed by atoms with Gasteiger partial charge in [0.1, 0.15) is 0 Å². The molecule has 0 radical (unpaired) electrons. The van der Waals surface area contributed by atoms with E-state index in [4.69, 9.17) is 0 Å². The van der Waals surface area contributed by atoms with Gasteiger partial charge in [-0.05, 0) is 31.2 Å². The summed E-state index contributed by atoms with van der Waals surface area (Å²) < 4.78 is 25.5. The summed E-state index contributed by atoms with van der Waals surface area (Å²) in [5.41, 5.74) is 0.0373. The van der Waals surface area contributed by atoms with Crippen LogP contribution in [0.3, 0.4) is 0 Å².